The summed E-state index contributed by atoms with van der Waals surface area (Å²) in [6.07, 6.45) is 6.72. The van der Waals surface area contributed by atoms with Crippen molar-refractivity contribution in [3.8, 4) is 0 Å². The Kier molecular flexibility index (Phi) is 4.49. The van der Waals surface area contributed by atoms with Crippen LogP contribution in [0.2, 0.25) is 0 Å². The minimum Gasteiger partial charge on any atom is -0.263 e. The number of aromatic amines is 3. The zero-order valence-electron chi connectivity index (χ0n) is 15.5. The monoisotopic (exact) mass is 363 g/mol. The summed E-state index contributed by atoms with van der Waals surface area (Å²) in [5.74, 6) is 2.55. The second-order valence-electron chi connectivity index (χ2n) is 6.64. The second kappa shape index (κ2) is 7.10. The Hall–Kier alpha value is -3.36. The van der Waals surface area contributed by atoms with Gasteiger partial charge in [-0.15, -0.1) is 0 Å². The summed E-state index contributed by atoms with van der Waals surface area (Å²) < 4.78 is 0. The largest absolute Gasteiger partial charge is 0.263 e. The molecule has 1 aromatic carbocycles. The van der Waals surface area contributed by atoms with Gasteiger partial charge in [0.05, 0.1) is 0 Å². The Bertz CT molecular complexity index is 861. The SMILES string of the molecule is Cc1c(Cc2ncn[nH]2)c(C)c(Cc2ncn[nH]2)c(C)c1Cc1ncn[nH]1. The molecule has 0 saturated carbocycles. The predicted molar refractivity (Wildman–Crippen MR) is 98.2 cm³/mol. The van der Waals surface area contributed by atoms with Crippen molar-refractivity contribution in [1.29, 1.82) is 0 Å². The van der Waals surface area contributed by atoms with E-state index in [-0.39, 0.29) is 0 Å². The van der Waals surface area contributed by atoms with Crippen LogP contribution < -0.4 is 0 Å². The van der Waals surface area contributed by atoms with Crippen LogP contribution in [0.15, 0.2) is 19.0 Å². The van der Waals surface area contributed by atoms with Gasteiger partial charge in [0, 0.05) is 19.3 Å². The molecule has 0 bridgehead atoms. The number of nitrogens with one attached hydrogen (secondary N) is 3. The fraction of sp³-hybridized carbons (Fsp3) is 0.333. The number of nitrogens with zero attached hydrogens (tertiary/aromatic N) is 6. The molecule has 0 fully saturated rings. The summed E-state index contributed by atoms with van der Waals surface area (Å²) in [4.78, 5) is 12.9. The molecule has 4 rings (SSSR count). The number of hydrogen-bond donors (Lipinski definition) is 3. The van der Waals surface area contributed by atoms with Crippen LogP contribution in [0.5, 0.6) is 0 Å². The molecule has 138 valence electrons. The Labute approximate surface area is 156 Å². The standard InChI is InChI=1S/C18H21N9/c1-10-13(4-16-19-7-22-25-16)11(2)15(6-18-21-9-24-27-18)12(3)14(10)5-17-20-8-23-26-17/h7-9H,4-6H2,1-3H3,(H,19,22,25)(H,20,23,26)(H,21,24,27). The summed E-state index contributed by atoms with van der Waals surface area (Å²) in [6, 6.07) is 0. The van der Waals surface area contributed by atoms with Gasteiger partial charge < -0.3 is 0 Å². The first-order chi connectivity index (χ1) is 13.1. The van der Waals surface area contributed by atoms with Crippen LogP contribution in [-0.2, 0) is 19.3 Å². The average Bonchev–Trinajstić information content (AvgIpc) is 3.43. The van der Waals surface area contributed by atoms with E-state index in [1.54, 1.807) is 19.0 Å². The van der Waals surface area contributed by atoms with Crippen molar-refractivity contribution in [3.05, 3.63) is 69.8 Å². The van der Waals surface area contributed by atoms with Crippen molar-refractivity contribution >= 4 is 0 Å². The van der Waals surface area contributed by atoms with Gasteiger partial charge in [0.1, 0.15) is 36.5 Å². The number of benzene rings is 1. The van der Waals surface area contributed by atoms with E-state index >= 15 is 0 Å². The van der Waals surface area contributed by atoms with E-state index in [9.17, 15) is 0 Å². The van der Waals surface area contributed by atoms with Crippen LogP contribution >= 0.6 is 0 Å². The highest BCUT2D eigenvalue weighted by molar-refractivity contribution is 5.53. The van der Waals surface area contributed by atoms with Crippen LogP contribution in [-0.4, -0.2) is 45.5 Å². The van der Waals surface area contributed by atoms with Crippen LogP contribution in [0.25, 0.3) is 0 Å². The average molecular weight is 363 g/mol. The molecule has 3 aromatic heterocycles. The number of rotatable bonds is 6. The molecule has 0 aliphatic heterocycles. The summed E-state index contributed by atoms with van der Waals surface area (Å²) in [7, 11) is 0. The normalized spacial score (nSPS) is 11.2. The topological polar surface area (TPSA) is 125 Å². The molecular formula is C18H21N9. The predicted octanol–water partition coefficient (Wildman–Crippen LogP) is 1.74. The van der Waals surface area contributed by atoms with Gasteiger partial charge in [-0.1, -0.05) is 0 Å². The molecule has 0 saturated heterocycles. The van der Waals surface area contributed by atoms with E-state index in [4.69, 9.17) is 0 Å². The molecule has 0 radical (unpaired) electrons. The van der Waals surface area contributed by atoms with Crippen molar-refractivity contribution in [1.82, 2.24) is 45.5 Å². The van der Waals surface area contributed by atoms with E-state index in [0.717, 1.165) is 17.5 Å². The highest BCUT2D eigenvalue weighted by Gasteiger charge is 2.19. The van der Waals surface area contributed by atoms with Gasteiger partial charge in [-0.3, -0.25) is 15.3 Å². The molecule has 0 atom stereocenters. The third-order valence-electron chi connectivity index (χ3n) is 5.14. The first-order valence-electron chi connectivity index (χ1n) is 8.76. The molecule has 9 nitrogen and oxygen atoms in total. The summed E-state index contributed by atoms with van der Waals surface area (Å²) >= 11 is 0. The van der Waals surface area contributed by atoms with Gasteiger partial charge in [0.25, 0.3) is 0 Å². The maximum Gasteiger partial charge on any atom is 0.137 e. The van der Waals surface area contributed by atoms with Crippen molar-refractivity contribution in [2.45, 2.75) is 40.0 Å². The van der Waals surface area contributed by atoms with Crippen LogP contribution in [0.1, 0.15) is 50.9 Å². The van der Waals surface area contributed by atoms with Gasteiger partial charge in [0.15, 0.2) is 0 Å². The molecule has 0 spiro atoms. The summed E-state index contributed by atoms with van der Waals surface area (Å²) in [6.45, 7) is 6.49. The molecule has 0 aliphatic rings. The molecule has 27 heavy (non-hydrogen) atoms. The molecule has 0 amide bonds. The second-order valence-corrected chi connectivity index (χ2v) is 6.64. The van der Waals surface area contributed by atoms with E-state index in [1.165, 1.54) is 33.4 Å². The Balaban J connectivity index is 1.83. The zero-order valence-corrected chi connectivity index (χ0v) is 15.5. The van der Waals surface area contributed by atoms with Crippen LogP contribution in [0.3, 0.4) is 0 Å². The number of hydrogen-bond acceptors (Lipinski definition) is 6. The van der Waals surface area contributed by atoms with E-state index < -0.39 is 0 Å². The molecule has 9 heteroatoms. The quantitative estimate of drug-likeness (QED) is 0.479. The van der Waals surface area contributed by atoms with E-state index in [1.807, 2.05) is 0 Å². The first kappa shape index (κ1) is 17.1. The lowest BCUT2D eigenvalue weighted by Gasteiger charge is -2.21. The van der Waals surface area contributed by atoms with Crippen LogP contribution in [0, 0.1) is 20.8 Å². The lowest BCUT2D eigenvalue weighted by molar-refractivity contribution is 0.900. The van der Waals surface area contributed by atoms with Gasteiger partial charge in [0.2, 0.25) is 0 Å². The van der Waals surface area contributed by atoms with E-state index in [2.05, 4.69) is 66.3 Å². The lowest BCUT2D eigenvalue weighted by Crippen LogP contribution is -2.11. The number of aromatic nitrogens is 9. The van der Waals surface area contributed by atoms with Gasteiger partial charge in [-0.2, -0.15) is 15.3 Å². The lowest BCUT2D eigenvalue weighted by atomic mass is 9.84. The maximum absolute atomic E-state index is 4.30. The Morgan fingerprint density at radius 1 is 0.556 bits per heavy atom. The van der Waals surface area contributed by atoms with Crippen molar-refractivity contribution in [3.63, 3.8) is 0 Å². The molecular weight excluding hydrogens is 342 g/mol. The fourth-order valence-electron chi connectivity index (χ4n) is 3.64. The molecule has 4 aromatic rings. The minimum absolute atomic E-state index is 0.699. The van der Waals surface area contributed by atoms with Crippen molar-refractivity contribution in [2.75, 3.05) is 0 Å². The highest BCUT2D eigenvalue weighted by atomic mass is 15.2. The molecule has 0 aliphatic carbocycles. The van der Waals surface area contributed by atoms with Gasteiger partial charge in [-0.05, 0) is 54.2 Å². The maximum atomic E-state index is 4.30. The first-order valence-corrected chi connectivity index (χ1v) is 8.76. The molecule has 3 heterocycles. The van der Waals surface area contributed by atoms with Crippen molar-refractivity contribution < 1.29 is 0 Å². The summed E-state index contributed by atoms with van der Waals surface area (Å²) in [5, 5.41) is 20.8. The van der Waals surface area contributed by atoms with Gasteiger partial charge >= 0.3 is 0 Å². The van der Waals surface area contributed by atoms with Crippen molar-refractivity contribution in [2.24, 2.45) is 0 Å². The van der Waals surface area contributed by atoms with Gasteiger partial charge in [-0.25, -0.2) is 15.0 Å². The highest BCUT2D eigenvalue weighted by Crippen LogP contribution is 2.30. The Morgan fingerprint density at radius 2 is 0.852 bits per heavy atom. The van der Waals surface area contributed by atoms with Crippen LogP contribution in [0.4, 0.5) is 0 Å². The van der Waals surface area contributed by atoms with E-state index in [0.29, 0.717) is 19.3 Å². The fourth-order valence-corrected chi connectivity index (χ4v) is 3.64. The minimum atomic E-state index is 0.699. The third-order valence-corrected chi connectivity index (χ3v) is 5.14. The Morgan fingerprint density at radius 3 is 1.07 bits per heavy atom. The molecule has 3 N–H and O–H groups in total. The summed E-state index contributed by atoms with van der Waals surface area (Å²) in [5.41, 5.74) is 7.50. The smallest absolute Gasteiger partial charge is 0.137 e. The molecule has 0 unspecified atom stereocenters. The third kappa shape index (κ3) is 3.35. The zero-order chi connectivity index (χ0) is 18.8. The number of H-pyrrole nitrogens is 3.